The Hall–Kier alpha value is -1.17. The van der Waals surface area contributed by atoms with Crippen molar-refractivity contribution < 1.29 is 23.7 Å². The summed E-state index contributed by atoms with van der Waals surface area (Å²) in [5, 5.41) is 9.83. The predicted molar refractivity (Wildman–Crippen MR) is 72.4 cm³/mol. The second kappa shape index (κ2) is 7.57. The van der Waals surface area contributed by atoms with Gasteiger partial charge in [-0.15, -0.1) is 0 Å². The molecule has 1 heterocycles. The minimum atomic E-state index is -0.722. The Labute approximate surface area is 118 Å². The summed E-state index contributed by atoms with van der Waals surface area (Å²) in [5.74, 6) is 0.105. The maximum Gasteiger partial charge on any atom is 0.126 e. The van der Waals surface area contributed by atoms with Gasteiger partial charge in [-0.05, 0) is 31.4 Å². The SMILES string of the molecule is Cc1ccc(F)cc1OC[C@H](O)COC1CCOCC1. The highest BCUT2D eigenvalue weighted by Gasteiger charge is 2.16. The lowest BCUT2D eigenvalue weighted by molar-refractivity contribution is -0.0659. The molecule has 1 fully saturated rings. The van der Waals surface area contributed by atoms with Crippen molar-refractivity contribution in [1.82, 2.24) is 0 Å². The van der Waals surface area contributed by atoms with Gasteiger partial charge in [-0.3, -0.25) is 0 Å². The van der Waals surface area contributed by atoms with Crippen LogP contribution in [0.25, 0.3) is 0 Å². The second-order valence-corrected chi connectivity index (χ2v) is 5.02. The predicted octanol–water partition coefficient (Wildman–Crippen LogP) is 2.07. The third kappa shape index (κ3) is 4.74. The molecule has 0 saturated carbocycles. The van der Waals surface area contributed by atoms with Crippen molar-refractivity contribution in [3.05, 3.63) is 29.6 Å². The Balaban J connectivity index is 1.71. The molecule has 1 aromatic carbocycles. The van der Waals surface area contributed by atoms with E-state index in [1.54, 1.807) is 6.07 Å². The van der Waals surface area contributed by atoms with E-state index in [4.69, 9.17) is 14.2 Å². The Morgan fingerprint density at radius 1 is 1.35 bits per heavy atom. The molecule has 0 radical (unpaired) electrons. The first kappa shape index (κ1) is 15.2. The maximum atomic E-state index is 13.1. The normalized spacial score (nSPS) is 17.9. The van der Waals surface area contributed by atoms with Gasteiger partial charge >= 0.3 is 0 Å². The van der Waals surface area contributed by atoms with Crippen LogP contribution in [0.2, 0.25) is 0 Å². The number of hydrogen-bond donors (Lipinski definition) is 1. The Kier molecular flexibility index (Phi) is 5.76. The molecule has 0 bridgehead atoms. The van der Waals surface area contributed by atoms with Crippen LogP contribution in [0.1, 0.15) is 18.4 Å². The van der Waals surface area contributed by atoms with E-state index in [9.17, 15) is 9.50 Å². The van der Waals surface area contributed by atoms with Crippen LogP contribution < -0.4 is 4.74 Å². The fourth-order valence-electron chi connectivity index (χ4n) is 2.05. The van der Waals surface area contributed by atoms with Gasteiger partial charge in [0.1, 0.15) is 24.3 Å². The molecular formula is C15H21FO4. The molecule has 20 heavy (non-hydrogen) atoms. The highest BCUT2D eigenvalue weighted by atomic mass is 19.1. The fraction of sp³-hybridized carbons (Fsp3) is 0.600. The number of ether oxygens (including phenoxy) is 3. The van der Waals surface area contributed by atoms with Crippen LogP contribution in [0, 0.1) is 12.7 Å². The van der Waals surface area contributed by atoms with Crippen molar-refractivity contribution in [2.24, 2.45) is 0 Å². The zero-order valence-electron chi connectivity index (χ0n) is 11.7. The van der Waals surface area contributed by atoms with Crippen molar-refractivity contribution in [1.29, 1.82) is 0 Å². The second-order valence-electron chi connectivity index (χ2n) is 5.02. The van der Waals surface area contributed by atoms with Gasteiger partial charge in [-0.1, -0.05) is 6.07 Å². The number of aliphatic hydroxyl groups is 1. The van der Waals surface area contributed by atoms with Crippen molar-refractivity contribution in [3.63, 3.8) is 0 Å². The standard InChI is InChI=1S/C15H21FO4/c1-11-2-3-12(16)8-15(11)20-10-13(17)9-19-14-4-6-18-7-5-14/h2-3,8,13-14,17H,4-7,9-10H2,1H3/t13-/m1/s1. The van der Waals surface area contributed by atoms with Gasteiger partial charge in [0, 0.05) is 19.3 Å². The Bertz CT molecular complexity index is 418. The highest BCUT2D eigenvalue weighted by Crippen LogP contribution is 2.19. The molecule has 1 aromatic rings. The molecule has 0 aromatic heterocycles. The first-order valence-corrected chi connectivity index (χ1v) is 6.91. The minimum absolute atomic E-state index is 0.0908. The van der Waals surface area contributed by atoms with E-state index in [2.05, 4.69) is 0 Å². The van der Waals surface area contributed by atoms with E-state index in [1.165, 1.54) is 12.1 Å². The van der Waals surface area contributed by atoms with E-state index in [0.29, 0.717) is 19.0 Å². The summed E-state index contributed by atoms with van der Waals surface area (Å²) in [4.78, 5) is 0. The van der Waals surface area contributed by atoms with Crippen LogP contribution in [-0.4, -0.2) is 43.7 Å². The van der Waals surface area contributed by atoms with Crippen LogP contribution in [0.15, 0.2) is 18.2 Å². The summed E-state index contributed by atoms with van der Waals surface area (Å²) < 4.78 is 29.3. The summed E-state index contributed by atoms with van der Waals surface area (Å²) in [5.41, 5.74) is 0.837. The average Bonchev–Trinajstić information content (AvgIpc) is 2.47. The Morgan fingerprint density at radius 2 is 2.10 bits per heavy atom. The van der Waals surface area contributed by atoms with Crippen molar-refractivity contribution >= 4 is 0 Å². The number of aryl methyl sites for hydroxylation is 1. The van der Waals surface area contributed by atoms with Crippen LogP contribution in [0.5, 0.6) is 5.75 Å². The van der Waals surface area contributed by atoms with Gasteiger partial charge in [-0.25, -0.2) is 4.39 Å². The molecule has 4 nitrogen and oxygen atoms in total. The molecule has 0 spiro atoms. The molecule has 2 rings (SSSR count). The van der Waals surface area contributed by atoms with E-state index < -0.39 is 6.10 Å². The number of rotatable bonds is 6. The number of hydrogen-bond acceptors (Lipinski definition) is 4. The zero-order chi connectivity index (χ0) is 14.4. The average molecular weight is 284 g/mol. The highest BCUT2D eigenvalue weighted by molar-refractivity contribution is 5.32. The zero-order valence-corrected chi connectivity index (χ0v) is 11.7. The van der Waals surface area contributed by atoms with Crippen LogP contribution >= 0.6 is 0 Å². The number of aliphatic hydroxyl groups excluding tert-OH is 1. The molecule has 112 valence electrons. The van der Waals surface area contributed by atoms with Crippen molar-refractivity contribution in [2.45, 2.75) is 32.0 Å². The lowest BCUT2D eigenvalue weighted by Gasteiger charge is -2.23. The maximum absolute atomic E-state index is 13.1. The molecule has 0 unspecified atom stereocenters. The monoisotopic (exact) mass is 284 g/mol. The van der Waals surface area contributed by atoms with Gasteiger partial charge in [0.25, 0.3) is 0 Å². The largest absolute Gasteiger partial charge is 0.490 e. The van der Waals surface area contributed by atoms with Crippen molar-refractivity contribution in [3.8, 4) is 5.75 Å². The third-order valence-corrected chi connectivity index (χ3v) is 3.27. The lowest BCUT2D eigenvalue weighted by atomic mass is 10.1. The molecule has 1 saturated heterocycles. The smallest absolute Gasteiger partial charge is 0.126 e. The lowest BCUT2D eigenvalue weighted by Crippen LogP contribution is -2.30. The summed E-state index contributed by atoms with van der Waals surface area (Å²) in [6.45, 7) is 3.56. The van der Waals surface area contributed by atoms with Gasteiger partial charge in [0.2, 0.25) is 0 Å². The van der Waals surface area contributed by atoms with E-state index in [-0.39, 0.29) is 25.1 Å². The third-order valence-electron chi connectivity index (χ3n) is 3.27. The van der Waals surface area contributed by atoms with Crippen LogP contribution in [0.4, 0.5) is 4.39 Å². The molecule has 5 heteroatoms. The van der Waals surface area contributed by atoms with Crippen LogP contribution in [-0.2, 0) is 9.47 Å². The van der Waals surface area contributed by atoms with E-state index in [0.717, 1.165) is 18.4 Å². The molecule has 1 atom stereocenters. The number of halogens is 1. The molecule has 0 amide bonds. The van der Waals surface area contributed by atoms with Gasteiger partial charge in [0.05, 0.1) is 12.7 Å². The fourth-order valence-corrected chi connectivity index (χ4v) is 2.05. The quantitative estimate of drug-likeness (QED) is 0.869. The summed E-state index contributed by atoms with van der Waals surface area (Å²) in [7, 11) is 0. The van der Waals surface area contributed by atoms with Gasteiger partial charge in [0.15, 0.2) is 0 Å². The molecule has 1 aliphatic heterocycles. The summed E-state index contributed by atoms with van der Waals surface area (Å²) >= 11 is 0. The molecule has 1 N–H and O–H groups in total. The van der Waals surface area contributed by atoms with Gasteiger partial charge < -0.3 is 19.3 Å². The summed E-state index contributed by atoms with van der Waals surface area (Å²) in [6.07, 6.45) is 1.14. The van der Waals surface area contributed by atoms with Crippen molar-refractivity contribution in [2.75, 3.05) is 26.4 Å². The molecule has 1 aliphatic rings. The van der Waals surface area contributed by atoms with Crippen LogP contribution in [0.3, 0.4) is 0 Å². The molecular weight excluding hydrogens is 263 g/mol. The first-order valence-electron chi connectivity index (χ1n) is 6.91. The van der Waals surface area contributed by atoms with Gasteiger partial charge in [-0.2, -0.15) is 0 Å². The minimum Gasteiger partial charge on any atom is -0.490 e. The van der Waals surface area contributed by atoms with E-state index >= 15 is 0 Å². The first-order chi connectivity index (χ1) is 9.65. The topological polar surface area (TPSA) is 47.9 Å². The summed E-state index contributed by atoms with van der Waals surface area (Å²) in [6, 6.07) is 4.35. The number of benzene rings is 1. The molecule has 0 aliphatic carbocycles. The van der Waals surface area contributed by atoms with E-state index in [1.807, 2.05) is 6.92 Å². The Morgan fingerprint density at radius 3 is 2.85 bits per heavy atom.